The van der Waals surface area contributed by atoms with Crippen LogP contribution in [0.2, 0.25) is 0 Å². The van der Waals surface area contributed by atoms with Crippen molar-refractivity contribution in [3.63, 3.8) is 0 Å². The van der Waals surface area contributed by atoms with Crippen molar-refractivity contribution in [3.05, 3.63) is 0 Å². The number of nitrogens with zero attached hydrogens (tertiary/aromatic N) is 2. The minimum Gasteiger partial charge on any atom is -0.373 e. The summed E-state index contributed by atoms with van der Waals surface area (Å²) in [6.07, 6.45) is 6.08. The van der Waals surface area contributed by atoms with Crippen molar-refractivity contribution in [3.8, 4) is 0 Å². The Hall–Kier alpha value is -0.810. The van der Waals surface area contributed by atoms with Crippen LogP contribution >= 0.6 is 0 Å². The molecule has 1 saturated carbocycles. The second-order valence-electron chi connectivity index (χ2n) is 8.48. The number of carbonyl (C=O) groups is 1. The second-order valence-corrected chi connectivity index (χ2v) is 8.48. The average Bonchev–Trinajstić information content (AvgIpc) is 2.76. The molecule has 3 saturated heterocycles. The van der Waals surface area contributed by atoms with E-state index in [1.807, 2.05) is 0 Å². The Labute approximate surface area is 140 Å². The summed E-state index contributed by atoms with van der Waals surface area (Å²) in [4.78, 5) is 17.0. The van der Waals surface area contributed by atoms with Gasteiger partial charge in [0, 0.05) is 38.8 Å². The summed E-state index contributed by atoms with van der Waals surface area (Å²) in [5.41, 5.74) is -0.0359. The van der Waals surface area contributed by atoms with Gasteiger partial charge in [-0.25, -0.2) is 4.79 Å². The molecule has 132 valence electrons. The van der Waals surface area contributed by atoms with E-state index in [1.54, 1.807) is 0 Å². The Morgan fingerprint density at radius 1 is 1.13 bits per heavy atom. The van der Waals surface area contributed by atoms with Gasteiger partial charge >= 0.3 is 6.03 Å². The van der Waals surface area contributed by atoms with Crippen LogP contribution in [0.1, 0.15) is 52.9 Å². The minimum absolute atomic E-state index is 0.0359. The van der Waals surface area contributed by atoms with Gasteiger partial charge in [-0.15, -0.1) is 0 Å². The molecule has 5 nitrogen and oxygen atoms in total. The molecule has 0 aromatic carbocycles. The normalized spacial score (nSPS) is 34.0. The van der Waals surface area contributed by atoms with E-state index in [4.69, 9.17) is 4.74 Å². The Kier molecular flexibility index (Phi) is 5.16. The number of carbonyl (C=O) groups excluding carboxylic acids is 1. The summed E-state index contributed by atoms with van der Waals surface area (Å²) in [6.45, 7) is 11.4. The molecule has 2 bridgehead atoms. The van der Waals surface area contributed by atoms with Crippen molar-refractivity contribution in [2.75, 3.05) is 32.7 Å². The third kappa shape index (κ3) is 4.60. The van der Waals surface area contributed by atoms with Crippen LogP contribution in [-0.2, 0) is 4.74 Å². The molecule has 0 unspecified atom stereocenters. The Balaban J connectivity index is 1.33. The van der Waals surface area contributed by atoms with E-state index in [0.717, 1.165) is 64.8 Å². The first-order valence-corrected chi connectivity index (χ1v) is 9.35. The monoisotopic (exact) mass is 323 g/mol. The zero-order chi connectivity index (χ0) is 16.4. The number of rotatable bonds is 4. The van der Waals surface area contributed by atoms with Gasteiger partial charge in [0.05, 0.1) is 11.7 Å². The lowest BCUT2D eigenvalue weighted by Crippen LogP contribution is -2.47. The summed E-state index contributed by atoms with van der Waals surface area (Å²) in [7, 11) is 0. The lowest BCUT2D eigenvalue weighted by molar-refractivity contribution is -0.112. The summed E-state index contributed by atoms with van der Waals surface area (Å²) >= 11 is 0. The van der Waals surface area contributed by atoms with Crippen molar-refractivity contribution in [1.82, 2.24) is 15.1 Å². The number of fused-ring (bicyclic) bond motifs is 4. The fourth-order valence-electron chi connectivity index (χ4n) is 4.14. The number of nitrogens with one attached hydrogen (secondary N) is 1. The number of amides is 2. The number of hydrogen-bond donors (Lipinski definition) is 1. The quantitative estimate of drug-likeness (QED) is 0.864. The fraction of sp³-hybridized carbons (Fsp3) is 0.944. The number of ether oxygens (including phenoxy) is 1. The molecule has 4 aliphatic rings. The molecule has 3 heterocycles. The number of hydrogen-bond acceptors (Lipinski definition) is 3. The van der Waals surface area contributed by atoms with Crippen LogP contribution in [0.15, 0.2) is 0 Å². The smallest absolute Gasteiger partial charge is 0.317 e. The van der Waals surface area contributed by atoms with Gasteiger partial charge in [0.15, 0.2) is 0 Å². The third-order valence-electron chi connectivity index (χ3n) is 5.46. The summed E-state index contributed by atoms with van der Waals surface area (Å²) in [6, 6.07) is 0.614. The molecule has 1 aliphatic carbocycles. The van der Waals surface area contributed by atoms with Gasteiger partial charge in [-0.2, -0.15) is 0 Å². The summed E-state index contributed by atoms with van der Waals surface area (Å²) < 4.78 is 5.97. The predicted octanol–water partition coefficient (Wildman–Crippen LogP) is 2.46. The molecule has 4 fully saturated rings. The van der Waals surface area contributed by atoms with Gasteiger partial charge in [-0.3, -0.25) is 0 Å². The highest BCUT2D eigenvalue weighted by atomic mass is 16.5. The van der Waals surface area contributed by atoms with Crippen LogP contribution in [0.5, 0.6) is 0 Å². The second kappa shape index (κ2) is 6.98. The molecular formula is C18H33N3O2. The lowest BCUT2D eigenvalue weighted by atomic mass is 9.79. The van der Waals surface area contributed by atoms with Crippen LogP contribution in [0.4, 0.5) is 4.79 Å². The molecule has 4 rings (SSSR count). The first-order valence-electron chi connectivity index (χ1n) is 9.35. The largest absolute Gasteiger partial charge is 0.373 e. The van der Waals surface area contributed by atoms with E-state index in [0.29, 0.717) is 18.1 Å². The zero-order valence-corrected chi connectivity index (χ0v) is 15.0. The molecule has 2 amide bonds. The van der Waals surface area contributed by atoms with Crippen LogP contribution in [0.3, 0.4) is 0 Å². The zero-order valence-electron chi connectivity index (χ0n) is 15.0. The minimum atomic E-state index is -0.0359. The first-order chi connectivity index (χ1) is 10.9. The molecule has 0 aromatic heterocycles. The maximum Gasteiger partial charge on any atom is 0.317 e. The predicted molar refractivity (Wildman–Crippen MR) is 91.5 cm³/mol. The van der Waals surface area contributed by atoms with E-state index in [9.17, 15) is 4.79 Å². The van der Waals surface area contributed by atoms with Gasteiger partial charge in [0.1, 0.15) is 0 Å². The van der Waals surface area contributed by atoms with Gasteiger partial charge < -0.3 is 19.9 Å². The molecule has 5 heteroatoms. The highest BCUT2D eigenvalue weighted by Gasteiger charge is 2.34. The van der Waals surface area contributed by atoms with Crippen molar-refractivity contribution < 1.29 is 9.53 Å². The molecule has 0 atom stereocenters. The SMILES string of the molecule is CC(C)(C)OC1CC(CCNC(=O)N2CCN3CCC2CC3)C1. The molecule has 3 aliphatic heterocycles. The van der Waals surface area contributed by atoms with Crippen molar-refractivity contribution in [1.29, 1.82) is 0 Å². The molecule has 0 aromatic rings. The van der Waals surface area contributed by atoms with Gasteiger partial charge in [-0.05, 0) is 58.8 Å². The Morgan fingerprint density at radius 3 is 2.48 bits per heavy atom. The van der Waals surface area contributed by atoms with Crippen LogP contribution in [-0.4, -0.2) is 66.3 Å². The Bertz CT molecular complexity index is 407. The molecule has 0 spiro atoms. The van der Waals surface area contributed by atoms with Crippen molar-refractivity contribution in [2.24, 2.45) is 5.92 Å². The summed E-state index contributed by atoms with van der Waals surface area (Å²) in [5.74, 6) is 0.716. The van der Waals surface area contributed by atoms with Gasteiger partial charge in [-0.1, -0.05) is 0 Å². The van der Waals surface area contributed by atoms with Gasteiger partial charge in [0.25, 0.3) is 0 Å². The lowest BCUT2D eigenvalue weighted by Gasteiger charge is -2.39. The number of urea groups is 1. The van der Waals surface area contributed by atoms with E-state index in [-0.39, 0.29) is 11.6 Å². The molecule has 1 N–H and O–H groups in total. The molecule has 0 radical (unpaired) electrons. The van der Waals surface area contributed by atoms with E-state index in [1.165, 1.54) is 0 Å². The van der Waals surface area contributed by atoms with Crippen molar-refractivity contribution >= 4 is 6.03 Å². The van der Waals surface area contributed by atoms with E-state index >= 15 is 0 Å². The maximum absolute atomic E-state index is 12.5. The first kappa shape index (κ1) is 17.0. The maximum atomic E-state index is 12.5. The highest BCUT2D eigenvalue weighted by molar-refractivity contribution is 5.74. The standard InChI is InChI=1S/C18H33N3O2/c1-18(2,3)23-16-12-14(13-16)4-7-19-17(22)21-11-10-20-8-5-15(21)6-9-20/h14-16H,4-13H2,1-3H3,(H,19,22). The van der Waals surface area contributed by atoms with E-state index in [2.05, 4.69) is 35.9 Å². The van der Waals surface area contributed by atoms with Crippen LogP contribution in [0, 0.1) is 5.92 Å². The molecule has 23 heavy (non-hydrogen) atoms. The van der Waals surface area contributed by atoms with Crippen LogP contribution < -0.4 is 5.32 Å². The fourth-order valence-corrected chi connectivity index (χ4v) is 4.14. The third-order valence-corrected chi connectivity index (χ3v) is 5.46. The Morgan fingerprint density at radius 2 is 1.83 bits per heavy atom. The average molecular weight is 323 g/mol. The highest BCUT2D eigenvalue weighted by Crippen LogP contribution is 2.34. The van der Waals surface area contributed by atoms with Crippen LogP contribution in [0.25, 0.3) is 0 Å². The van der Waals surface area contributed by atoms with E-state index < -0.39 is 0 Å². The van der Waals surface area contributed by atoms with Crippen molar-refractivity contribution in [2.45, 2.75) is 70.6 Å². The topological polar surface area (TPSA) is 44.8 Å². The molecular weight excluding hydrogens is 290 g/mol. The number of piperidine rings is 1. The van der Waals surface area contributed by atoms with Gasteiger partial charge in [0.2, 0.25) is 0 Å². The summed E-state index contributed by atoms with van der Waals surface area (Å²) in [5, 5.41) is 3.15.